The molecular weight excluding hydrogens is 372 g/mol. The Balaban J connectivity index is 1.57. The van der Waals surface area contributed by atoms with E-state index >= 15 is 0 Å². The zero-order valence-electron chi connectivity index (χ0n) is 16.4. The predicted octanol–water partition coefficient (Wildman–Crippen LogP) is 3.85. The highest BCUT2D eigenvalue weighted by atomic mass is 32.2. The second-order valence-electron chi connectivity index (χ2n) is 8.18. The van der Waals surface area contributed by atoms with Crippen LogP contribution >= 0.6 is 0 Å². The molecule has 0 bridgehead atoms. The monoisotopic (exact) mass is 400 g/mol. The van der Waals surface area contributed by atoms with Crippen molar-refractivity contribution in [2.24, 2.45) is 5.92 Å². The lowest BCUT2D eigenvalue weighted by molar-refractivity contribution is 0.238. The first-order chi connectivity index (χ1) is 13.4. The number of benzene rings is 2. The molecule has 1 aliphatic carbocycles. The van der Waals surface area contributed by atoms with Gasteiger partial charge >= 0.3 is 0 Å². The van der Waals surface area contributed by atoms with E-state index in [2.05, 4.69) is 31.2 Å². The maximum absolute atomic E-state index is 11.6. The molecule has 0 amide bonds. The van der Waals surface area contributed by atoms with Crippen LogP contribution in [0.5, 0.6) is 5.75 Å². The lowest BCUT2D eigenvalue weighted by atomic mass is 9.91. The van der Waals surface area contributed by atoms with Crippen molar-refractivity contribution in [3.63, 3.8) is 0 Å². The SMILES string of the molecule is Cc1cc(OCC2CCS(=O)(=O)CC2)cc2c1-c1cc(CO)ccc1CCC2. The van der Waals surface area contributed by atoms with Gasteiger partial charge in [-0.1, -0.05) is 12.1 Å². The van der Waals surface area contributed by atoms with Crippen molar-refractivity contribution in [3.8, 4) is 16.9 Å². The van der Waals surface area contributed by atoms with Crippen molar-refractivity contribution in [1.29, 1.82) is 0 Å². The van der Waals surface area contributed by atoms with Crippen molar-refractivity contribution in [2.75, 3.05) is 18.1 Å². The molecule has 28 heavy (non-hydrogen) atoms. The van der Waals surface area contributed by atoms with Gasteiger partial charge in [-0.2, -0.15) is 0 Å². The van der Waals surface area contributed by atoms with Crippen molar-refractivity contribution >= 4 is 9.84 Å². The fourth-order valence-electron chi connectivity index (χ4n) is 4.45. The van der Waals surface area contributed by atoms with E-state index in [9.17, 15) is 13.5 Å². The molecule has 4 rings (SSSR count). The first kappa shape index (κ1) is 19.5. The zero-order chi connectivity index (χ0) is 19.7. The standard InChI is InChI=1S/C23H28O4S/c1-16-11-21(27-15-17-7-9-28(25,26)10-8-17)13-20-4-2-3-19-6-5-18(14-24)12-22(19)23(16)20/h5-6,11-13,17,24H,2-4,7-10,14-15H2,1H3. The molecule has 1 aliphatic heterocycles. The number of aliphatic hydroxyl groups excluding tert-OH is 1. The lowest BCUT2D eigenvalue weighted by Gasteiger charge is -2.23. The molecule has 2 aliphatic rings. The third-order valence-electron chi connectivity index (χ3n) is 6.07. The van der Waals surface area contributed by atoms with Crippen LogP contribution in [0.3, 0.4) is 0 Å². The number of rotatable bonds is 4. The maximum atomic E-state index is 11.6. The summed E-state index contributed by atoms with van der Waals surface area (Å²) in [6.45, 7) is 2.76. The molecule has 150 valence electrons. The summed E-state index contributed by atoms with van der Waals surface area (Å²) in [5.41, 5.74) is 7.29. The van der Waals surface area contributed by atoms with E-state index in [1.807, 2.05) is 6.07 Å². The Morgan fingerprint density at radius 3 is 2.57 bits per heavy atom. The summed E-state index contributed by atoms with van der Waals surface area (Å²) in [6, 6.07) is 10.5. The highest BCUT2D eigenvalue weighted by Crippen LogP contribution is 2.38. The fourth-order valence-corrected chi connectivity index (χ4v) is 6.04. The van der Waals surface area contributed by atoms with E-state index in [0.29, 0.717) is 25.4 Å². The van der Waals surface area contributed by atoms with E-state index in [1.54, 1.807) is 0 Å². The van der Waals surface area contributed by atoms with Crippen LogP contribution in [0.4, 0.5) is 0 Å². The Hall–Kier alpha value is -1.85. The largest absolute Gasteiger partial charge is 0.493 e. The fraction of sp³-hybridized carbons (Fsp3) is 0.478. The van der Waals surface area contributed by atoms with Crippen LogP contribution in [0.1, 0.15) is 41.5 Å². The number of ether oxygens (including phenoxy) is 1. The second-order valence-corrected chi connectivity index (χ2v) is 10.5. The minimum Gasteiger partial charge on any atom is -0.493 e. The molecule has 0 saturated carbocycles. The number of aryl methyl sites for hydroxylation is 3. The molecule has 2 aromatic rings. The number of hydrogen-bond acceptors (Lipinski definition) is 4. The van der Waals surface area contributed by atoms with E-state index < -0.39 is 9.84 Å². The number of sulfone groups is 1. The van der Waals surface area contributed by atoms with Gasteiger partial charge in [0.1, 0.15) is 15.6 Å². The minimum atomic E-state index is -2.83. The molecule has 1 saturated heterocycles. The van der Waals surface area contributed by atoms with Crippen LogP contribution in [0.2, 0.25) is 0 Å². The minimum absolute atomic E-state index is 0.0555. The molecule has 0 spiro atoms. The average molecular weight is 401 g/mol. The lowest BCUT2D eigenvalue weighted by Crippen LogP contribution is -2.26. The Kier molecular flexibility index (Phi) is 5.48. The summed E-state index contributed by atoms with van der Waals surface area (Å²) >= 11 is 0. The van der Waals surface area contributed by atoms with Crippen molar-refractivity contribution in [3.05, 3.63) is 52.6 Å². The van der Waals surface area contributed by atoms with Gasteiger partial charge in [-0.15, -0.1) is 0 Å². The number of fused-ring (bicyclic) bond motifs is 3. The zero-order valence-corrected chi connectivity index (χ0v) is 17.2. The van der Waals surface area contributed by atoms with Crippen molar-refractivity contribution < 1.29 is 18.3 Å². The van der Waals surface area contributed by atoms with Gasteiger partial charge in [0.2, 0.25) is 0 Å². The normalized spacial score (nSPS) is 18.8. The van der Waals surface area contributed by atoms with Gasteiger partial charge in [-0.3, -0.25) is 0 Å². The van der Waals surface area contributed by atoms with Crippen LogP contribution in [0.15, 0.2) is 30.3 Å². The summed E-state index contributed by atoms with van der Waals surface area (Å²) in [4.78, 5) is 0. The summed E-state index contributed by atoms with van der Waals surface area (Å²) in [6.07, 6.45) is 4.55. The van der Waals surface area contributed by atoms with Gasteiger partial charge in [0.25, 0.3) is 0 Å². The molecule has 0 aromatic heterocycles. The number of hydrogen-bond donors (Lipinski definition) is 1. The first-order valence-corrected chi connectivity index (χ1v) is 12.0. The Labute approximate surface area is 167 Å². The van der Waals surface area contributed by atoms with Crippen LogP contribution in [-0.2, 0) is 29.3 Å². The van der Waals surface area contributed by atoms with Crippen molar-refractivity contribution in [2.45, 2.75) is 45.6 Å². The summed E-state index contributed by atoms with van der Waals surface area (Å²) in [7, 11) is -2.83. The predicted molar refractivity (Wildman–Crippen MR) is 111 cm³/mol. The molecule has 0 radical (unpaired) electrons. The highest BCUT2D eigenvalue weighted by molar-refractivity contribution is 7.91. The van der Waals surface area contributed by atoms with Gasteiger partial charge in [0.15, 0.2) is 0 Å². The van der Waals surface area contributed by atoms with E-state index in [4.69, 9.17) is 4.74 Å². The van der Waals surface area contributed by atoms with Crippen LogP contribution in [0, 0.1) is 12.8 Å². The first-order valence-electron chi connectivity index (χ1n) is 10.1. The van der Waals surface area contributed by atoms with Crippen LogP contribution in [0.25, 0.3) is 11.1 Å². The third-order valence-corrected chi connectivity index (χ3v) is 7.78. The van der Waals surface area contributed by atoms with Gasteiger partial charge in [-0.05, 0) is 96.5 Å². The van der Waals surface area contributed by atoms with Gasteiger partial charge < -0.3 is 9.84 Å². The molecule has 4 nitrogen and oxygen atoms in total. The Bertz CT molecular complexity index is 964. The molecule has 1 heterocycles. The molecular formula is C23H28O4S. The second kappa shape index (κ2) is 7.88. The average Bonchev–Trinajstić information content (AvgIpc) is 2.86. The summed E-state index contributed by atoms with van der Waals surface area (Å²) < 4.78 is 29.3. The molecule has 1 fully saturated rings. The molecule has 0 unspecified atom stereocenters. The quantitative estimate of drug-likeness (QED) is 0.847. The molecule has 2 aromatic carbocycles. The Morgan fingerprint density at radius 2 is 1.82 bits per heavy atom. The van der Waals surface area contributed by atoms with E-state index in [1.165, 1.54) is 27.8 Å². The summed E-state index contributed by atoms with van der Waals surface area (Å²) in [5.74, 6) is 1.77. The maximum Gasteiger partial charge on any atom is 0.150 e. The smallest absolute Gasteiger partial charge is 0.150 e. The van der Waals surface area contributed by atoms with Crippen LogP contribution in [-0.4, -0.2) is 31.6 Å². The molecule has 5 heteroatoms. The third kappa shape index (κ3) is 4.11. The Morgan fingerprint density at radius 1 is 1.07 bits per heavy atom. The van der Waals surface area contributed by atoms with Gasteiger partial charge in [-0.25, -0.2) is 8.42 Å². The topological polar surface area (TPSA) is 63.6 Å². The van der Waals surface area contributed by atoms with E-state index in [0.717, 1.165) is 30.6 Å². The molecule has 1 N–H and O–H groups in total. The summed E-state index contributed by atoms with van der Waals surface area (Å²) in [5, 5.41) is 9.54. The van der Waals surface area contributed by atoms with Gasteiger partial charge in [0.05, 0.1) is 24.7 Å². The van der Waals surface area contributed by atoms with Gasteiger partial charge in [0, 0.05) is 0 Å². The van der Waals surface area contributed by atoms with Crippen molar-refractivity contribution in [1.82, 2.24) is 0 Å². The number of aliphatic hydroxyl groups is 1. The van der Waals surface area contributed by atoms with Crippen LogP contribution < -0.4 is 4.74 Å². The molecule has 0 atom stereocenters. The van der Waals surface area contributed by atoms with E-state index in [-0.39, 0.29) is 18.1 Å². The highest BCUT2D eigenvalue weighted by Gasteiger charge is 2.24.